The maximum atomic E-state index is 12.4. The smallest absolute Gasteiger partial charge is 0.238 e. The van der Waals surface area contributed by atoms with Crippen LogP contribution in [0.2, 0.25) is 0 Å². The third-order valence-electron chi connectivity index (χ3n) is 5.40. The van der Waals surface area contributed by atoms with E-state index in [0.717, 1.165) is 37.3 Å². The second-order valence-electron chi connectivity index (χ2n) is 8.78. The monoisotopic (exact) mass is 393 g/mol. The van der Waals surface area contributed by atoms with Crippen LogP contribution in [-0.4, -0.2) is 36.3 Å². The minimum Gasteiger partial charge on any atom is -0.326 e. The standard InChI is InChI=1S/C24H31N3O2/c1-24(2,3)19-9-11-21(12-10-19)25-22(28)17-27-15-13-18(14-16-27)23(29)26-20-7-5-4-6-8-20/h4-12,18H,13-17H2,1-3H3,(H,25,28)(H,26,29). The number of nitrogens with zero attached hydrogens (tertiary/aromatic N) is 1. The Labute approximate surface area is 173 Å². The number of hydrogen-bond donors (Lipinski definition) is 2. The predicted octanol–water partition coefficient (Wildman–Crippen LogP) is 4.27. The Morgan fingerprint density at radius 3 is 2.07 bits per heavy atom. The van der Waals surface area contributed by atoms with Crippen LogP contribution in [0.15, 0.2) is 54.6 Å². The van der Waals surface area contributed by atoms with Gasteiger partial charge in [-0.15, -0.1) is 0 Å². The summed E-state index contributed by atoms with van der Waals surface area (Å²) in [6, 6.07) is 17.6. The van der Waals surface area contributed by atoms with Gasteiger partial charge in [-0.25, -0.2) is 0 Å². The fourth-order valence-electron chi connectivity index (χ4n) is 3.58. The molecule has 5 heteroatoms. The molecule has 0 saturated carbocycles. The molecule has 0 unspecified atom stereocenters. The van der Waals surface area contributed by atoms with Crippen LogP contribution in [0.3, 0.4) is 0 Å². The van der Waals surface area contributed by atoms with E-state index in [9.17, 15) is 9.59 Å². The summed E-state index contributed by atoms with van der Waals surface area (Å²) in [6.45, 7) is 8.37. The summed E-state index contributed by atoms with van der Waals surface area (Å²) in [4.78, 5) is 26.9. The second kappa shape index (κ2) is 9.23. The molecule has 2 aromatic carbocycles. The van der Waals surface area contributed by atoms with Crippen LogP contribution in [0.5, 0.6) is 0 Å². The zero-order valence-corrected chi connectivity index (χ0v) is 17.6. The summed E-state index contributed by atoms with van der Waals surface area (Å²) in [6.07, 6.45) is 1.54. The van der Waals surface area contributed by atoms with E-state index in [1.165, 1.54) is 5.56 Å². The lowest BCUT2D eigenvalue weighted by molar-refractivity contribution is -0.121. The Morgan fingerprint density at radius 1 is 0.897 bits per heavy atom. The number of anilines is 2. The van der Waals surface area contributed by atoms with Gasteiger partial charge in [-0.1, -0.05) is 51.1 Å². The molecule has 0 spiro atoms. The van der Waals surface area contributed by atoms with Gasteiger partial charge in [-0.05, 0) is 61.2 Å². The van der Waals surface area contributed by atoms with Crippen molar-refractivity contribution in [3.8, 4) is 0 Å². The molecule has 1 fully saturated rings. The van der Waals surface area contributed by atoms with E-state index in [1.54, 1.807) is 0 Å². The van der Waals surface area contributed by atoms with Crippen molar-refractivity contribution in [1.82, 2.24) is 4.90 Å². The van der Waals surface area contributed by atoms with E-state index in [-0.39, 0.29) is 23.1 Å². The van der Waals surface area contributed by atoms with Gasteiger partial charge in [0.15, 0.2) is 0 Å². The molecule has 1 heterocycles. The van der Waals surface area contributed by atoms with Crippen molar-refractivity contribution >= 4 is 23.2 Å². The van der Waals surface area contributed by atoms with Crippen LogP contribution >= 0.6 is 0 Å². The Hall–Kier alpha value is -2.66. The highest BCUT2D eigenvalue weighted by Gasteiger charge is 2.26. The molecule has 0 radical (unpaired) electrons. The normalized spacial score (nSPS) is 15.7. The average molecular weight is 394 g/mol. The van der Waals surface area contributed by atoms with Crippen LogP contribution in [0.1, 0.15) is 39.2 Å². The molecule has 2 aromatic rings. The second-order valence-corrected chi connectivity index (χ2v) is 8.78. The van der Waals surface area contributed by atoms with E-state index in [1.807, 2.05) is 42.5 Å². The van der Waals surface area contributed by atoms with Crippen LogP contribution in [0, 0.1) is 5.92 Å². The number of likely N-dealkylation sites (tertiary alicyclic amines) is 1. The summed E-state index contributed by atoms with van der Waals surface area (Å²) >= 11 is 0. The molecule has 1 saturated heterocycles. The largest absolute Gasteiger partial charge is 0.326 e. The zero-order chi connectivity index (χ0) is 20.9. The molecule has 0 aliphatic carbocycles. The topological polar surface area (TPSA) is 61.4 Å². The van der Waals surface area contributed by atoms with Crippen molar-refractivity contribution in [2.24, 2.45) is 5.92 Å². The quantitative estimate of drug-likeness (QED) is 0.797. The first kappa shape index (κ1) is 21.1. The summed E-state index contributed by atoms with van der Waals surface area (Å²) < 4.78 is 0. The van der Waals surface area contributed by atoms with Crippen molar-refractivity contribution < 1.29 is 9.59 Å². The lowest BCUT2D eigenvalue weighted by Crippen LogP contribution is -2.41. The summed E-state index contributed by atoms with van der Waals surface area (Å²) in [5.41, 5.74) is 2.99. The Morgan fingerprint density at radius 2 is 1.48 bits per heavy atom. The van der Waals surface area contributed by atoms with Crippen molar-refractivity contribution in [3.63, 3.8) is 0 Å². The molecule has 0 atom stereocenters. The molecule has 2 amide bonds. The molecular formula is C24H31N3O2. The summed E-state index contributed by atoms with van der Waals surface area (Å²) in [5, 5.41) is 5.95. The summed E-state index contributed by atoms with van der Waals surface area (Å²) in [7, 11) is 0. The molecule has 154 valence electrons. The molecular weight excluding hydrogens is 362 g/mol. The van der Waals surface area contributed by atoms with Gasteiger partial charge in [0.2, 0.25) is 11.8 Å². The number of piperidine rings is 1. The third kappa shape index (κ3) is 6.16. The molecule has 29 heavy (non-hydrogen) atoms. The van der Waals surface area contributed by atoms with Gasteiger partial charge in [-0.2, -0.15) is 0 Å². The van der Waals surface area contributed by atoms with Crippen molar-refractivity contribution in [2.75, 3.05) is 30.3 Å². The number of hydrogen-bond acceptors (Lipinski definition) is 3. The molecule has 2 N–H and O–H groups in total. The predicted molar refractivity (Wildman–Crippen MR) is 118 cm³/mol. The molecule has 0 aromatic heterocycles. The highest BCUT2D eigenvalue weighted by Crippen LogP contribution is 2.24. The highest BCUT2D eigenvalue weighted by molar-refractivity contribution is 5.93. The van der Waals surface area contributed by atoms with E-state index in [2.05, 4.69) is 48.4 Å². The first-order chi connectivity index (χ1) is 13.8. The number of carbonyl (C=O) groups excluding carboxylic acids is 2. The van der Waals surface area contributed by atoms with Crippen molar-refractivity contribution in [3.05, 3.63) is 60.2 Å². The molecule has 1 aliphatic heterocycles. The number of benzene rings is 2. The third-order valence-corrected chi connectivity index (χ3v) is 5.40. The van der Waals surface area contributed by atoms with Gasteiger partial charge >= 0.3 is 0 Å². The maximum Gasteiger partial charge on any atom is 0.238 e. The first-order valence-electron chi connectivity index (χ1n) is 10.3. The van der Waals surface area contributed by atoms with Crippen LogP contribution in [-0.2, 0) is 15.0 Å². The van der Waals surface area contributed by atoms with Gasteiger partial charge in [0.05, 0.1) is 6.54 Å². The van der Waals surface area contributed by atoms with Gasteiger partial charge in [-0.3, -0.25) is 14.5 Å². The van der Waals surface area contributed by atoms with Crippen molar-refractivity contribution in [1.29, 1.82) is 0 Å². The van der Waals surface area contributed by atoms with Gasteiger partial charge in [0, 0.05) is 17.3 Å². The fraction of sp³-hybridized carbons (Fsp3) is 0.417. The van der Waals surface area contributed by atoms with Gasteiger partial charge in [0.25, 0.3) is 0 Å². The first-order valence-corrected chi connectivity index (χ1v) is 10.3. The number of rotatable bonds is 5. The zero-order valence-electron chi connectivity index (χ0n) is 17.6. The Bertz CT molecular complexity index is 817. The average Bonchev–Trinajstić information content (AvgIpc) is 2.69. The van der Waals surface area contributed by atoms with Crippen LogP contribution in [0.4, 0.5) is 11.4 Å². The molecule has 5 nitrogen and oxygen atoms in total. The molecule has 3 rings (SSSR count). The Balaban J connectivity index is 1.43. The highest BCUT2D eigenvalue weighted by atomic mass is 16.2. The number of para-hydroxylation sites is 1. The van der Waals surface area contributed by atoms with E-state index < -0.39 is 0 Å². The SMILES string of the molecule is CC(C)(C)c1ccc(NC(=O)CN2CCC(C(=O)Nc3ccccc3)CC2)cc1. The minimum absolute atomic E-state index is 0.000500. The molecule has 0 bridgehead atoms. The fourth-order valence-corrected chi connectivity index (χ4v) is 3.58. The lowest BCUT2D eigenvalue weighted by atomic mass is 9.87. The minimum atomic E-state index is -0.0132. The van der Waals surface area contributed by atoms with E-state index in [0.29, 0.717) is 6.54 Å². The molecule has 1 aliphatic rings. The number of nitrogens with one attached hydrogen (secondary N) is 2. The van der Waals surface area contributed by atoms with Gasteiger partial charge in [0.1, 0.15) is 0 Å². The van der Waals surface area contributed by atoms with Crippen LogP contribution < -0.4 is 10.6 Å². The maximum absolute atomic E-state index is 12.4. The van der Waals surface area contributed by atoms with Crippen molar-refractivity contribution in [2.45, 2.75) is 39.0 Å². The van der Waals surface area contributed by atoms with E-state index >= 15 is 0 Å². The Kier molecular flexibility index (Phi) is 6.70. The van der Waals surface area contributed by atoms with E-state index in [4.69, 9.17) is 0 Å². The number of carbonyl (C=O) groups is 2. The summed E-state index contributed by atoms with van der Waals surface area (Å²) in [5.74, 6) is 0.0550. The lowest BCUT2D eigenvalue weighted by Gasteiger charge is -2.30. The van der Waals surface area contributed by atoms with Crippen LogP contribution in [0.25, 0.3) is 0 Å². The number of amides is 2. The van der Waals surface area contributed by atoms with Gasteiger partial charge < -0.3 is 10.6 Å².